The molecule has 0 bridgehead atoms. The number of urea groups is 1. The standard InChI is InChI=1S/C17H28N6O/c1-19-6-8-20(9-7-19)13-15-12-18-16-14-22(10-11-23(15)16)17(24)21-4-2-3-5-21/h12H,2-11,13-14H2,1H3. The van der Waals surface area contributed by atoms with Crippen LogP contribution in [-0.4, -0.2) is 88.0 Å². The molecular weight excluding hydrogens is 304 g/mol. The molecule has 2 saturated heterocycles. The van der Waals surface area contributed by atoms with Crippen molar-refractivity contribution in [2.24, 2.45) is 0 Å². The average molecular weight is 332 g/mol. The van der Waals surface area contributed by atoms with Gasteiger partial charge in [-0.1, -0.05) is 0 Å². The van der Waals surface area contributed by atoms with Gasteiger partial charge in [0.15, 0.2) is 0 Å². The maximum atomic E-state index is 12.6. The zero-order valence-electron chi connectivity index (χ0n) is 14.7. The molecule has 2 amide bonds. The molecule has 132 valence electrons. The molecule has 1 aromatic rings. The molecule has 0 aliphatic carbocycles. The van der Waals surface area contributed by atoms with E-state index in [-0.39, 0.29) is 6.03 Å². The molecule has 3 aliphatic rings. The lowest BCUT2D eigenvalue weighted by Gasteiger charge is -2.34. The lowest BCUT2D eigenvalue weighted by Crippen LogP contribution is -2.46. The normalized spacial score (nSPS) is 22.9. The Morgan fingerprint density at radius 3 is 2.50 bits per heavy atom. The van der Waals surface area contributed by atoms with E-state index in [0.29, 0.717) is 6.54 Å². The first-order valence-electron chi connectivity index (χ1n) is 9.19. The highest BCUT2D eigenvalue weighted by molar-refractivity contribution is 5.74. The van der Waals surface area contributed by atoms with Crippen molar-refractivity contribution in [3.05, 3.63) is 17.7 Å². The van der Waals surface area contributed by atoms with E-state index in [1.165, 1.54) is 5.69 Å². The highest BCUT2D eigenvalue weighted by Crippen LogP contribution is 2.19. The number of hydrogen-bond acceptors (Lipinski definition) is 4. The van der Waals surface area contributed by atoms with Gasteiger partial charge >= 0.3 is 6.03 Å². The Morgan fingerprint density at radius 1 is 1.00 bits per heavy atom. The molecule has 4 rings (SSSR count). The predicted molar refractivity (Wildman–Crippen MR) is 91.6 cm³/mol. The minimum absolute atomic E-state index is 0.197. The van der Waals surface area contributed by atoms with Crippen LogP contribution in [0, 0.1) is 0 Å². The maximum absolute atomic E-state index is 12.6. The third-order valence-electron chi connectivity index (χ3n) is 5.58. The summed E-state index contributed by atoms with van der Waals surface area (Å²) in [5.41, 5.74) is 1.29. The molecule has 4 heterocycles. The first-order chi connectivity index (χ1) is 11.7. The minimum Gasteiger partial charge on any atom is -0.328 e. The average Bonchev–Trinajstić information content (AvgIpc) is 3.26. The second-order valence-electron chi connectivity index (χ2n) is 7.30. The van der Waals surface area contributed by atoms with Crippen molar-refractivity contribution >= 4 is 6.03 Å². The van der Waals surface area contributed by atoms with E-state index in [2.05, 4.69) is 26.4 Å². The Balaban J connectivity index is 1.39. The number of rotatable bonds is 2. The molecule has 24 heavy (non-hydrogen) atoms. The van der Waals surface area contributed by atoms with Crippen LogP contribution in [0.25, 0.3) is 0 Å². The second-order valence-corrected chi connectivity index (χ2v) is 7.30. The fraction of sp³-hybridized carbons (Fsp3) is 0.765. The van der Waals surface area contributed by atoms with E-state index in [1.807, 2.05) is 16.0 Å². The van der Waals surface area contributed by atoms with E-state index in [0.717, 1.165) is 77.6 Å². The molecule has 0 aromatic carbocycles. The van der Waals surface area contributed by atoms with Crippen molar-refractivity contribution in [1.82, 2.24) is 29.2 Å². The first-order valence-corrected chi connectivity index (χ1v) is 9.19. The summed E-state index contributed by atoms with van der Waals surface area (Å²) < 4.78 is 2.33. The van der Waals surface area contributed by atoms with Gasteiger partial charge in [0.25, 0.3) is 0 Å². The number of carbonyl (C=O) groups is 1. The highest BCUT2D eigenvalue weighted by Gasteiger charge is 2.28. The zero-order valence-corrected chi connectivity index (χ0v) is 14.7. The largest absolute Gasteiger partial charge is 0.328 e. The summed E-state index contributed by atoms with van der Waals surface area (Å²) in [5, 5.41) is 0. The molecule has 0 N–H and O–H groups in total. The van der Waals surface area contributed by atoms with Gasteiger partial charge in [-0.2, -0.15) is 0 Å². The summed E-state index contributed by atoms with van der Waals surface area (Å²) in [4.78, 5) is 26.0. The van der Waals surface area contributed by atoms with Crippen LogP contribution in [0.3, 0.4) is 0 Å². The Morgan fingerprint density at radius 2 is 1.75 bits per heavy atom. The van der Waals surface area contributed by atoms with Gasteiger partial charge in [-0.05, 0) is 19.9 Å². The van der Waals surface area contributed by atoms with E-state index in [1.54, 1.807) is 0 Å². The van der Waals surface area contributed by atoms with Gasteiger partial charge in [0.05, 0.1) is 12.2 Å². The molecule has 3 aliphatic heterocycles. The summed E-state index contributed by atoms with van der Waals surface area (Å²) in [6.45, 7) is 9.65. The molecule has 7 heteroatoms. The lowest BCUT2D eigenvalue weighted by atomic mass is 10.3. The van der Waals surface area contributed by atoms with Gasteiger partial charge in [0.1, 0.15) is 5.82 Å². The van der Waals surface area contributed by atoms with E-state index in [4.69, 9.17) is 0 Å². The van der Waals surface area contributed by atoms with Crippen LogP contribution >= 0.6 is 0 Å². The van der Waals surface area contributed by atoms with Gasteiger partial charge in [-0.3, -0.25) is 4.90 Å². The van der Waals surface area contributed by atoms with Crippen molar-refractivity contribution < 1.29 is 4.79 Å². The summed E-state index contributed by atoms with van der Waals surface area (Å²) in [6, 6.07) is 0.197. The summed E-state index contributed by atoms with van der Waals surface area (Å²) in [5.74, 6) is 1.04. The number of aromatic nitrogens is 2. The van der Waals surface area contributed by atoms with Gasteiger partial charge in [0, 0.05) is 65.1 Å². The molecular formula is C17H28N6O. The number of carbonyl (C=O) groups excluding carboxylic acids is 1. The topological polar surface area (TPSA) is 47.9 Å². The number of likely N-dealkylation sites (N-methyl/N-ethyl adjacent to an activating group) is 1. The van der Waals surface area contributed by atoms with Crippen LogP contribution in [0.2, 0.25) is 0 Å². The van der Waals surface area contributed by atoms with Gasteiger partial charge < -0.3 is 19.3 Å². The second kappa shape index (κ2) is 6.72. The third-order valence-corrected chi connectivity index (χ3v) is 5.58. The quantitative estimate of drug-likeness (QED) is 0.798. The Hall–Kier alpha value is -1.60. The Kier molecular flexibility index (Phi) is 4.45. The van der Waals surface area contributed by atoms with E-state index >= 15 is 0 Å². The zero-order chi connectivity index (χ0) is 16.5. The van der Waals surface area contributed by atoms with Gasteiger partial charge in [-0.25, -0.2) is 9.78 Å². The highest BCUT2D eigenvalue weighted by atomic mass is 16.2. The van der Waals surface area contributed by atoms with Crippen molar-refractivity contribution in [2.75, 3.05) is 52.9 Å². The first kappa shape index (κ1) is 15.9. The van der Waals surface area contributed by atoms with Crippen LogP contribution in [0.4, 0.5) is 4.79 Å². The van der Waals surface area contributed by atoms with E-state index < -0.39 is 0 Å². The summed E-state index contributed by atoms with van der Waals surface area (Å²) in [6.07, 6.45) is 4.30. The monoisotopic (exact) mass is 332 g/mol. The Bertz CT molecular complexity index is 586. The molecule has 0 spiro atoms. The van der Waals surface area contributed by atoms with Crippen molar-refractivity contribution in [3.63, 3.8) is 0 Å². The SMILES string of the molecule is CN1CCN(Cc2cnc3n2CCN(C(=O)N2CCCC2)C3)CC1. The fourth-order valence-corrected chi connectivity index (χ4v) is 3.96. The molecule has 7 nitrogen and oxygen atoms in total. The number of imidazole rings is 1. The number of hydrogen-bond donors (Lipinski definition) is 0. The van der Waals surface area contributed by atoms with Crippen LogP contribution in [-0.2, 0) is 19.6 Å². The van der Waals surface area contributed by atoms with Gasteiger partial charge in [-0.15, -0.1) is 0 Å². The van der Waals surface area contributed by atoms with Crippen molar-refractivity contribution in [3.8, 4) is 0 Å². The number of fused-ring (bicyclic) bond motifs is 1. The van der Waals surface area contributed by atoms with Gasteiger partial charge in [0.2, 0.25) is 0 Å². The molecule has 0 radical (unpaired) electrons. The van der Waals surface area contributed by atoms with Crippen LogP contribution in [0.15, 0.2) is 6.20 Å². The van der Waals surface area contributed by atoms with Crippen molar-refractivity contribution in [1.29, 1.82) is 0 Å². The molecule has 0 unspecified atom stereocenters. The van der Waals surface area contributed by atoms with Crippen LogP contribution in [0.5, 0.6) is 0 Å². The maximum Gasteiger partial charge on any atom is 0.320 e. The van der Waals surface area contributed by atoms with Crippen LogP contribution in [0.1, 0.15) is 24.4 Å². The number of piperazine rings is 1. The number of amides is 2. The molecule has 2 fully saturated rings. The van der Waals surface area contributed by atoms with Crippen LogP contribution < -0.4 is 0 Å². The molecule has 0 atom stereocenters. The Labute approximate surface area is 143 Å². The number of likely N-dealkylation sites (tertiary alicyclic amines) is 1. The number of nitrogens with zero attached hydrogens (tertiary/aromatic N) is 6. The third kappa shape index (κ3) is 3.15. The smallest absolute Gasteiger partial charge is 0.320 e. The molecule has 1 aromatic heterocycles. The predicted octanol–water partition coefficient (Wildman–Crippen LogP) is 0.662. The molecule has 0 saturated carbocycles. The van der Waals surface area contributed by atoms with E-state index in [9.17, 15) is 4.79 Å². The minimum atomic E-state index is 0.197. The summed E-state index contributed by atoms with van der Waals surface area (Å²) in [7, 11) is 2.18. The van der Waals surface area contributed by atoms with Crippen molar-refractivity contribution in [2.45, 2.75) is 32.5 Å². The summed E-state index contributed by atoms with van der Waals surface area (Å²) >= 11 is 0. The fourth-order valence-electron chi connectivity index (χ4n) is 3.96. The lowest BCUT2D eigenvalue weighted by molar-refractivity contribution is 0.139.